The first-order valence-corrected chi connectivity index (χ1v) is 8.10. The first kappa shape index (κ1) is 15.7. The minimum atomic E-state index is -3.67. The van der Waals surface area contributed by atoms with Gasteiger partial charge in [-0.1, -0.05) is 11.6 Å². The zero-order valence-corrected chi connectivity index (χ0v) is 13.2. The predicted molar refractivity (Wildman–Crippen MR) is 80.8 cm³/mol. The van der Waals surface area contributed by atoms with Gasteiger partial charge in [-0.25, -0.2) is 23.1 Å². The summed E-state index contributed by atoms with van der Waals surface area (Å²) in [7, 11) is -2.01. The molecule has 0 bridgehead atoms. The molecule has 21 heavy (non-hydrogen) atoms. The Morgan fingerprint density at radius 3 is 2.81 bits per heavy atom. The highest BCUT2D eigenvalue weighted by Gasteiger charge is 2.19. The summed E-state index contributed by atoms with van der Waals surface area (Å²) in [6.07, 6.45) is 6.31. The predicted octanol–water partition coefficient (Wildman–Crippen LogP) is 1.34. The van der Waals surface area contributed by atoms with Gasteiger partial charge in [0.2, 0.25) is 10.0 Å². The van der Waals surface area contributed by atoms with Gasteiger partial charge in [-0.15, -0.1) is 0 Å². The minimum absolute atomic E-state index is 0.0315. The number of sulfonamides is 1. The van der Waals surface area contributed by atoms with Crippen LogP contribution in [0.25, 0.3) is 0 Å². The Morgan fingerprint density at radius 1 is 1.48 bits per heavy atom. The summed E-state index contributed by atoms with van der Waals surface area (Å²) < 4.78 is 28.9. The Kier molecular flexibility index (Phi) is 4.81. The molecule has 114 valence electrons. The van der Waals surface area contributed by atoms with E-state index in [1.165, 1.54) is 12.3 Å². The molecule has 2 aromatic rings. The highest BCUT2D eigenvalue weighted by molar-refractivity contribution is 7.89. The molecule has 2 rings (SSSR count). The van der Waals surface area contributed by atoms with E-state index in [0.717, 1.165) is 0 Å². The highest BCUT2D eigenvalue weighted by atomic mass is 35.5. The lowest BCUT2D eigenvalue weighted by Gasteiger charge is -2.15. The molecule has 0 radical (unpaired) electrons. The normalized spacial score (nSPS) is 13.1. The van der Waals surface area contributed by atoms with Gasteiger partial charge in [0.15, 0.2) is 0 Å². The second kappa shape index (κ2) is 6.42. The Morgan fingerprint density at radius 2 is 2.24 bits per heavy atom. The summed E-state index contributed by atoms with van der Waals surface area (Å²) in [5.74, 6) is 0.432. The molecule has 0 aliphatic heterocycles. The summed E-state index contributed by atoms with van der Waals surface area (Å²) >= 11 is 5.96. The van der Waals surface area contributed by atoms with Gasteiger partial charge in [0.05, 0.1) is 11.3 Å². The molecular weight excluding hydrogens is 314 g/mol. The summed E-state index contributed by atoms with van der Waals surface area (Å²) in [6, 6.07) is 1.07. The average molecular weight is 330 g/mol. The second-order valence-electron chi connectivity index (χ2n) is 4.53. The van der Waals surface area contributed by atoms with Crippen LogP contribution in [0.2, 0.25) is 5.02 Å². The van der Waals surface area contributed by atoms with Crippen molar-refractivity contribution in [1.29, 1.82) is 0 Å². The van der Waals surface area contributed by atoms with E-state index in [0.29, 0.717) is 12.4 Å². The van der Waals surface area contributed by atoms with Crippen LogP contribution in [0.4, 0.5) is 5.82 Å². The van der Waals surface area contributed by atoms with E-state index in [4.69, 9.17) is 11.6 Å². The van der Waals surface area contributed by atoms with Crippen molar-refractivity contribution in [3.05, 3.63) is 36.0 Å². The summed E-state index contributed by atoms with van der Waals surface area (Å²) in [5.41, 5.74) is 0. The first-order valence-electron chi connectivity index (χ1n) is 6.24. The minimum Gasteiger partial charge on any atom is -0.372 e. The molecule has 0 amide bonds. The third-order valence-corrected chi connectivity index (χ3v) is 4.61. The lowest BCUT2D eigenvalue weighted by Crippen LogP contribution is -2.35. The first-order chi connectivity index (χ1) is 9.92. The molecule has 0 saturated heterocycles. The largest absolute Gasteiger partial charge is 0.372 e. The van der Waals surface area contributed by atoms with Crippen LogP contribution in [0.15, 0.2) is 35.9 Å². The fourth-order valence-corrected chi connectivity index (χ4v) is 3.36. The summed E-state index contributed by atoms with van der Waals surface area (Å²) in [4.78, 5) is 7.91. The van der Waals surface area contributed by atoms with Crippen LogP contribution in [0.3, 0.4) is 0 Å². The third-order valence-electron chi connectivity index (χ3n) is 2.76. The van der Waals surface area contributed by atoms with Crippen molar-refractivity contribution in [3.63, 3.8) is 0 Å². The number of hydrogen-bond acceptors (Lipinski definition) is 5. The SMILES string of the molecule is CNc1ncc(S(=O)(=O)NC(C)Cn2ccnc2)cc1Cl. The molecule has 0 spiro atoms. The van der Waals surface area contributed by atoms with E-state index in [2.05, 4.69) is 20.0 Å². The average Bonchev–Trinajstić information content (AvgIpc) is 2.90. The van der Waals surface area contributed by atoms with Gasteiger partial charge < -0.3 is 9.88 Å². The number of imidazole rings is 1. The van der Waals surface area contributed by atoms with Crippen LogP contribution in [-0.4, -0.2) is 36.0 Å². The lowest BCUT2D eigenvalue weighted by atomic mass is 10.4. The molecule has 2 aromatic heterocycles. The van der Waals surface area contributed by atoms with E-state index >= 15 is 0 Å². The Labute approximate surface area is 128 Å². The molecule has 0 aliphatic rings. The van der Waals surface area contributed by atoms with Crippen LogP contribution in [0, 0.1) is 0 Å². The van der Waals surface area contributed by atoms with Crippen molar-refractivity contribution in [3.8, 4) is 0 Å². The molecule has 2 N–H and O–H groups in total. The monoisotopic (exact) mass is 329 g/mol. The van der Waals surface area contributed by atoms with Gasteiger partial charge in [0.1, 0.15) is 10.7 Å². The van der Waals surface area contributed by atoms with Gasteiger partial charge in [-0.05, 0) is 13.0 Å². The van der Waals surface area contributed by atoms with Gasteiger partial charge in [0.25, 0.3) is 0 Å². The van der Waals surface area contributed by atoms with Crippen molar-refractivity contribution in [1.82, 2.24) is 19.3 Å². The van der Waals surface area contributed by atoms with E-state index < -0.39 is 10.0 Å². The van der Waals surface area contributed by atoms with Crippen molar-refractivity contribution in [2.24, 2.45) is 0 Å². The molecule has 0 saturated carbocycles. The molecule has 1 unspecified atom stereocenters. The van der Waals surface area contributed by atoms with Crippen molar-refractivity contribution < 1.29 is 8.42 Å². The quantitative estimate of drug-likeness (QED) is 0.835. The highest BCUT2D eigenvalue weighted by Crippen LogP contribution is 2.22. The fraction of sp³-hybridized carbons (Fsp3) is 0.333. The molecule has 7 nitrogen and oxygen atoms in total. The molecule has 2 heterocycles. The molecule has 0 aliphatic carbocycles. The standard InChI is InChI=1S/C12H16ClN5O2S/c1-9(7-18-4-3-15-8-18)17-21(19,20)10-5-11(13)12(14-2)16-6-10/h3-6,8-9,17H,7H2,1-2H3,(H,14,16). The Balaban J connectivity index is 2.12. The van der Waals surface area contributed by atoms with E-state index in [1.54, 1.807) is 37.3 Å². The summed E-state index contributed by atoms with van der Waals surface area (Å²) in [6.45, 7) is 2.25. The maximum absolute atomic E-state index is 12.3. The second-order valence-corrected chi connectivity index (χ2v) is 6.65. The lowest BCUT2D eigenvalue weighted by molar-refractivity contribution is 0.520. The summed E-state index contributed by atoms with van der Waals surface area (Å²) in [5, 5.41) is 3.03. The molecular formula is C12H16ClN5O2S. The van der Waals surface area contributed by atoms with Gasteiger partial charge in [-0.3, -0.25) is 0 Å². The maximum atomic E-state index is 12.3. The van der Waals surface area contributed by atoms with Crippen molar-refractivity contribution in [2.75, 3.05) is 12.4 Å². The Bertz CT molecular complexity index is 702. The van der Waals surface area contributed by atoms with E-state index in [1.807, 2.05) is 0 Å². The van der Waals surface area contributed by atoms with Crippen molar-refractivity contribution >= 4 is 27.4 Å². The van der Waals surface area contributed by atoms with Gasteiger partial charge in [-0.2, -0.15) is 0 Å². The van der Waals surface area contributed by atoms with Crippen LogP contribution in [0.5, 0.6) is 0 Å². The third kappa shape index (κ3) is 3.93. The number of anilines is 1. The van der Waals surface area contributed by atoms with E-state index in [-0.39, 0.29) is 16.0 Å². The fourth-order valence-electron chi connectivity index (χ4n) is 1.83. The number of aromatic nitrogens is 3. The number of nitrogens with one attached hydrogen (secondary N) is 2. The molecule has 1 atom stereocenters. The van der Waals surface area contributed by atoms with Crippen LogP contribution < -0.4 is 10.0 Å². The van der Waals surface area contributed by atoms with E-state index in [9.17, 15) is 8.42 Å². The zero-order valence-electron chi connectivity index (χ0n) is 11.6. The number of pyridine rings is 1. The number of halogens is 1. The zero-order chi connectivity index (χ0) is 15.5. The van der Waals surface area contributed by atoms with Gasteiger partial charge >= 0.3 is 0 Å². The molecule has 9 heteroatoms. The van der Waals surface area contributed by atoms with Crippen LogP contribution in [-0.2, 0) is 16.6 Å². The van der Waals surface area contributed by atoms with Crippen molar-refractivity contribution in [2.45, 2.75) is 24.4 Å². The molecule has 0 fully saturated rings. The number of hydrogen-bond donors (Lipinski definition) is 2. The molecule has 0 aromatic carbocycles. The topological polar surface area (TPSA) is 88.9 Å². The van der Waals surface area contributed by atoms with Gasteiger partial charge in [0, 0.05) is 38.2 Å². The van der Waals surface area contributed by atoms with Crippen LogP contribution >= 0.6 is 11.6 Å². The smallest absolute Gasteiger partial charge is 0.242 e. The number of nitrogens with zero attached hydrogens (tertiary/aromatic N) is 3. The Hall–Kier alpha value is -1.64. The van der Waals surface area contributed by atoms with Crippen LogP contribution in [0.1, 0.15) is 6.92 Å². The maximum Gasteiger partial charge on any atom is 0.242 e. The number of rotatable bonds is 6.